The summed E-state index contributed by atoms with van der Waals surface area (Å²) in [7, 11) is 0. The lowest BCUT2D eigenvalue weighted by Crippen LogP contribution is -2.20. The first-order valence-electron chi connectivity index (χ1n) is 5.45. The summed E-state index contributed by atoms with van der Waals surface area (Å²) in [6.07, 6.45) is 0. The molecule has 0 aliphatic carbocycles. The highest BCUT2D eigenvalue weighted by Gasteiger charge is 2.18. The molecule has 4 nitrogen and oxygen atoms in total. The molecule has 1 aliphatic heterocycles. The van der Waals surface area contributed by atoms with E-state index in [-0.39, 0.29) is 6.61 Å². The van der Waals surface area contributed by atoms with E-state index < -0.39 is 11.9 Å². The van der Waals surface area contributed by atoms with E-state index in [2.05, 4.69) is 0 Å². The van der Waals surface area contributed by atoms with Crippen molar-refractivity contribution in [2.45, 2.75) is 4.58 Å². The number of carbonyl (C=O) groups is 2. The predicted molar refractivity (Wildman–Crippen MR) is 73.6 cm³/mol. The first kappa shape index (κ1) is 13.3. The number of esters is 1. The fourth-order valence-corrected chi connectivity index (χ4v) is 4.41. The van der Waals surface area contributed by atoms with Crippen LogP contribution in [0.15, 0.2) is 24.3 Å². The van der Waals surface area contributed by atoms with Gasteiger partial charge >= 0.3 is 5.97 Å². The lowest BCUT2D eigenvalue weighted by molar-refractivity contribution is -0.121. The van der Waals surface area contributed by atoms with Crippen LogP contribution in [0.2, 0.25) is 0 Å². The molecule has 0 aromatic heterocycles. The van der Waals surface area contributed by atoms with Crippen molar-refractivity contribution in [3.63, 3.8) is 0 Å². The van der Waals surface area contributed by atoms with Crippen LogP contribution in [0.5, 0.6) is 0 Å². The molecule has 6 heteroatoms. The molecule has 1 aliphatic rings. The minimum absolute atomic E-state index is 0.380. The molecular weight excluding hydrogens is 270 g/mol. The van der Waals surface area contributed by atoms with Crippen molar-refractivity contribution in [2.75, 3.05) is 18.1 Å². The van der Waals surface area contributed by atoms with Gasteiger partial charge in [-0.05, 0) is 17.7 Å². The Balaban J connectivity index is 1.98. The van der Waals surface area contributed by atoms with Crippen molar-refractivity contribution >= 4 is 35.4 Å². The van der Waals surface area contributed by atoms with Gasteiger partial charge in [0.05, 0.1) is 10.1 Å². The summed E-state index contributed by atoms with van der Waals surface area (Å²) in [5, 5.41) is 0. The third-order valence-electron chi connectivity index (χ3n) is 2.39. The Morgan fingerprint density at radius 1 is 1.22 bits per heavy atom. The van der Waals surface area contributed by atoms with Crippen LogP contribution in [-0.2, 0) is 9.53 Å². The van der Waals surface area contributed by atoms with E-state index in [1.807, 2.05) is 35.7 Å². The van der Waals surface area contributed by atoms with Gasteiger partial charge in [0.25, 0.3) is 5.91 Å². The summed E-state index contributed by atoms with van der Waals surface area (Å²) in [6, 6.07) is 7.30. The maximum Gasteiger partial charge on any atom is 0.338 e. The molecule has 1 aromatic carbocycles. The normalized spacial score (nSPS) is 15.6. The third-order valence-corrected chi connectivity index (χ3v) is 5.49. The molecule has 0 spiro atoms. The summed E-state index contributed by atoms with van der Waals surface area (Å²) in [6.45, 7) is -0.380. The second-order valence-electron chi connectivity index (χ2n) is 3.74. The Morgan fingerprint density at radius 3 is 2.39 bits per heavy atom. The molecule has 1 amide bonds. The van der Waals surface area contributed by atoms with Crippen LogP contribution in [-0.4, -0.2) is 30.0 Å². The topological polar surface area (TPSA) is 69.4 Å². The smallest absolute Gasteiger partial charge is 0.338 e. The molecule has 2 N–H and O–H groups in total. The molecule has 0 saturated carbocycles. The lowest BCUT2D eigenvalue weighted by atomic mass is 10.1. The molecule has 18 heavy (non-hydrogen) atoms. The van der Waals surface area contributed by atoms with Crippen LogP contribution in [0.4, 0.5) is 0 Å². The zero-order chi connectivity index (χ0) is 13.0. The molecule has 0 unspecified atom stereocenters. The number of ether oxygens (including phenoxy) is 1. The summed E-state index contributed by atoms with van der Waals surface area (Å²) in [5.74, 6) is 1.15. The van der Waals surface area contributed by atoms with Crippen molar-refractivity contribution in [3.05, 3.63) is 35.4 Å². The van der Waals surface area contributed by atoms with E-state index in [4.69, 9.17) is 10.5 Å². The van der Waals surface area contributed by atoms with Gasteiger partial charge in [0.2, 0.25) is 0 Å². The van der Waals surface area contributed by atoms with Gasteiger partial charge in [0, 0.05) is 11.5 Å². The highest BCUT2D eigenvalue weighted by molar-refractivity contribution is 8.19. The van der Waals surface area contributed by atoms with Crippen LogP contribution in [0.3, 0.4) is 0 Å². The first-order valence-corrected chi connectivity index (χ1v) is 7.55. The van der Waals surface area contributed by atoms with E-state index in [1.54, 1.807) is 12.1 Å². The molecule has 1 fully saturated rings. The fraction of sp³-hybridized carbons (Fsp3) is 0.333. The maximum atomic E-state index is 11.5. The van der Waals surface area contributed by atoms with Crippen LogP contribution in [0.1, 0.15) is 20.5 Å². The predicted octanol–water partition coefficient (Wildman–Crippen LogP) is 1.81. The molecule has 2 rings (SSSR count). The maximum absolute atomic E-state index is 11.5. The van der Waals surface area contributed by atoms with Crippen LogP contribution >= 0.6 is 23.5 Å². The monoisotopic (exact) mass is 283 g/mol. The van der Waals surface area contributed by atoms with Gasteiger partial charge in [-0.2, -0.15) is 0 Å². The quantitative estimate of drug-likeness (QED) is 0.853. The molecule has 96 valence electrons. The summed E-state index contributed by atoms with van der Waals surface area (Å²) < 4.78 is 5.19. The Kier molecular flexibility index (Phi) is 4.54. The molecule has 0 bridgehead atoms. The van der Waals surface area contributed by atoms with E-state index >= 15 is 0 Å². The highest BCUT2D eigenvalue weighted by atomic mass is 32.2. The van der Waals surface area contributed by atoms with Crippen LogP contribution in [0.25, 0.3) is 0 Å². The molecule has 1 aromatic rings. The van der Waals surface area contributed by atoms with Crippen molar-refractivity contribution < 1.29 is 14.3 Å². The van der Waals surface area contributed by atoms with Crippen LogP contribution < -0.4 is 5.73 Å². The SMILES string of the molecule is NC(=O)COC(=O)c1ccc(C2SCCS2)cc1. The number of amides is 1. The largest absolute Gasteiger partial charge is 0.452 e. The van der Waals surface area contributed by atoms with Crippen molar-refractivity contribution in [1.82, 2.24) is 0 Å². The van der Waals surface area contributed by atoms with E-state index in [0.717, 1.165) is 11.5 Å². The lowest BCUT2D eigenvalue weighted by Gasteiger charge is -2.08. The van der Waals surface area contributed by atoms with E-state index in [9.17, 15) is 9.59 Å². The second-order valence-corrected chi connectivity index (χ2v) is 6.46. The number of thioether (sulfide) groups is 2. The first-order chi connectivity index (χ1) is 8.66. The molecule has 0 radical (unpaired) electrons. The van der Waals surface area contributed by atoms with Gasteiger partial charge in [0.1, 0.15) is 0 Å². The number of nitrogens with two attached hydrogens (primary N) is 1. The van der Waals surface area contributed by atoms with Gasteiger partial charge < -0.3 is 10.5 Å². The summed E-state index contributed by atoms with van der Waals surface area (Å²) in [5.41, 5.74) is 6.54. The van der Waals surface area contributed by atoms with Gasteiger partial charge in [-0.3, -0.25) is 4.79 Å². The molecule has 1 saturated heterocycles. The Bertz CT molecular complexity index is 441. The summed E-state index contributed by atoms with van der Waals surface area (Å²) >= 11 is 3.82. The highest BCUT2D eigenvalue weighted by Crippen LogP contribution is 2.45. The number of hydrogen-bond donors (Lipinski definition) is 1. The molecular formula is C12H13NO3S2. The number of benzene rings is 1. The molecule has 1 heterocycles. The number of carbonyl (C=O) groups excluding carboxylic acids is 2. The average molecular weight is 283 g/mol. The number of hydrogen-bond acceptors (Lipinski definition) is 5. The van der Waals surface area contributed by atoms with Gasteiger partial charge in [-0.1, -0.05) is 12.1 Å². The van der Waals surface area contributed by atoms with Crippen LogP contribution in [0, 0.1) is 0 Å². The summed E-state index contributed by atoms with van der Waals surface area (Å²) in [4.78, 5) is 22.0. The van der Waals surface area contributed by atoms with Crippen molar-refractivity contribution in [3.8, 4) is 0 Å². The number of primary amides is 1. The standard InChI is InChI=1S/C12H13NO3S2/c13-10(14)7-16-11(15)8-1-3-9(4-2-8)12-17-5-6-18-12/h1-4,12H,5-7H2,(H2,13,14). The zero-order valence-corrected chi connectivity index (χ0v) is 11.3. The average Bonchev–Trinajstić information content (AvgIpc) is 2.90. The Hall–Kier alpha value is -1.14. The third kappa shape index (κ3) is 3.43. The Morgan fingerprint density at radius 2 is 1.83 bits per heavy atom. The second kappa shape index (κ2) is 6.15. The van der Waals surface area contributed by atoms with Gasteiger partial charge in [-0.15, -0.1) is 23.5 Å². The van der Waals surface area contributed by atoms with E-state index in [1.165, 1.54) is 5.56 Å². The number of rotatable bonds is 4. The minimum Gasteiger partial charge on any atom is -0.452 e. The van der Waals surface area contributed by atoms with Crippen molar-refractivity contribution in [2.24, 2.45) is 5.73 Å². The molecule has 0 atom stereocenters. The Labute approximate surface area is 114 Å². The zero-order valence-electron chi connectivity index (χ0n) is 9.63. The van der Waals surface area contributed by atoms with Gasteiger partial charge in [-0.25, -0.2) is 4.79 Å². The van der Waals surface area contributed by atoms with Crippen molar-refractivity contribution in [1.29, 1.82) is 0 Å². The van der Waals surface area contributed by atoms with Gasteiger partial charge in [0.15, 0.2) is 6.61 Å². The minimum atomic E-state index is -0.654. The van der Waals surface area contributed by atoms with E-state index in [0.29, 0.717) is 10.1 Å². The fourth-order valence-electron chi connectivity index (χ4n) is 1.55.